The number of para-hydroxylation sites is 1. The number of fused-ring (bicyclic) bond motifs is 1. The zero-order valence-corrected chi connectivity index (χ0v) is 9.48. The van der Waals surface area contributed by atoms with E-state index in [4.69, 9.17) is 5.73 Å². The van der Waals surface area contributed by atoms with Crippen LogP contribution in [0.25, 0.3) is 10.9 Å². The third-order valence-corrected chi connectivity index (χ3v) is 2.63. The van der Waals surface area contributed by atoms with Crippen LogP contribution in [0.15, 0.2) is 48.7 Å². The van der Waals surface area contributed by atoms with E-state index in [2.05, 4.69) is 23.7 Å². The fourth-order valence-corrected chi connectivity index (χ4v) is 1.91. The number of aromatic nitrogens is 1. The average molecular weight is 212 g/mol. The lowest BCUT2D eigenvalue weighted by atomic mass is 9.98. The zero-order chi connectivity index (χ0) is 11.5. The van der Waals surface area contributed by atoms with E-state index >= 15 is 0 Å². The van der Waals surface area contributed by atoms with Gasteiger partial charge in [0.15, 0.2) is 0 Å². The predicted octanol–water partition coefficient (Wildman–Crippen LogP) is 3.20. The molecule has 1 unspecified atom stereocenters. The number of nitrogens with two attached hydrogens (primary N) is 1. The second-order valence-electron chi connectivity index (χ2n) is 4.19. The summed E-state index contributed by atoms with van der Waals surface area (Å²) in [7, 11) is 0. The summed E-state index contributed by atoms with van der Waals surface area (Å²) < 4.78 is 0. The summed E-state index contributed by atoms with van der Waals surface area (Å²) >= 11 is 0. The molecule has 0 saturated heterocycles. The fourth-order valence-electron chi connectivity index (χ4n) is 1.91. The van der Waals surface area contributed by atoms with Gasteiger partial charge in [0.1, 0.15) is 0 Å². The molecule has 0 amide bonds. The Morgan fingerprint density at radius 2 is 2.12 bits per heavy atom. The van der Waals surface area contributed by atoms with Crippen LogP contribution in [0.2, 0.25) is 0 Å². The van der Waals surface area contributed by atoms with Crippen LogP contribution < -0.4 is 5.73 Å². The molecule has 2 aromatic rings. The van der Waals surface area contributed by atoms with E-state index in [-0.39, 0.29) is 6.04 Å². The standard InChI is InChI=1S/C14H16N2/c1-10(2)9-13(15)12-7-3-5-11-6-4-8-16-14(11)12/h3-8,13H,1,9,15H2,2H3. The summed E-state index contributed by atoms with van der Waals surface area (Å²) in [5, 5.41) is 1.14. The molecule has 2 heteroatoms. The molecular formula is C14H16N2. The molecule has 1 heterocycles. The van der Waals surface area contributed by atoms with E-state index in [1.165, 1.54) is 0 Å². The van der Waals surface area contributed by atoms with Gasteiger partial charge in [-0.15, -0.1) is 6.58 Å². The topological polar surface area (TPSA) is 38.9 Å². The Bertz CT molecular complexity index is 512. The molecule has 0 aliphatic rings. The van der Waals surface area contributed by atoms with Gasteiger partial charge in [0.05, 0.1) is 5.52 Å². The second kappa shape index (κ2) is 4.45. The quantitative estimate of drug-likeness (QED) is 0.793. The smallest absolute Gasteiger partial charge is 0.0749 e. The lowest BCUT2D eigenvalue weighted by Crippen LogP contribution is -2.11. The van der Waals surface area contributed by atoms with Crippen LogP contribution in [0.1, 0.15) is 24.9 Å². The minimum atomic E-state index is -0.0175. The molecule has 2 N–H and O–H groups in total. The summed E-state index contributed by atoms with van der Waals surface area (Å²) in [4.78, 5) is 4.40. The number of rotatable bonds is 3. The molecule has 16 heavy (non-hydrogen) atoms. The van der Waals surface area contributed by atoms with Crippen LogP contribution in [-0.2, 0) is 0 Å². The molecule has 1 atom stereocenters. The maximum absolute atomic E-state index is 6.16. The van der Waals surface area contributed by atoms with Gasteiger partial charge >= 0.3 is 0 Å². The van der Waals surface area contributed by atoms with Crippen molar-refractivity contribution in [2.45, 2.75) is 19.4 Å². The third-order valence-electron chi connectivity index (χ3n) is 2.63. The molecule has 0 fully saturated rings. The van der Waals surface area contributed by atoms with Crippen LogP contribution >= 0.6 is 0 Å². The van der Waals surface area contributed by atoms with Gasteiger partial charge in [-0.25, -0.2) is 0 Å². The van der Waals surface area contributed by atoms with Crippen molar-refractivity contribution in [3.63, 3.8) is 0 Å². The maximum atomic E-state index is 6.16. The van der Waals surface area contributed by atoms with E-state index in [1.807, 2.05) is 25.1 Å². The Hall–Kier alpha value is -1.67. The summed E-state index contributed by atoms with van der Waals surface area (Å²) in [6.45, 7) is 5.90. The number of hydrogen-bond donors (Lipinski definition) is 1. The summed E-state index contributed by atoms with van der Waals surface area (Å²) in [5.41, 5.74) is 9.36. The Balaban J connectivity index is 2.47. The first-order chi connectivity index (χ1) is 7.68. The number of hydrogen-bond acceptors (Lipinski definition) is 2. The van der Waals surface area contributed by atoms with Gasteiger partial charge in [-0.2, -0.15) is 0 Å². The molecule has 0 radical (unpaired) electrons. The molecular weight excluding hydrogens is 196 g/mol. The van der Waals surface area contributed by atoms with Crippen molar-refractivity contribution in [3.05, 3.63) is 54.2 Å². The van der Waals surface area contributed by atoms with Gasteiger partial charge in [-0.05, 0) is 25.0 Å². The van der Waals surface area contributed by atoms with Crippen LogP contribution in [0.3, 0.4) is 0 Å². The molecule has 0 saturated carbocycles. The SMILES string of the molecule is C=C(C)CC(N)c1cccc2cccnc12. The fraction of sp³-hybridized carbons (Fsp3) is 0.214. The monoisotopic (exact) mass is 212 g/mol. The lowest BCUT2D eigenvalue weighted by Gasteiger charge is -2.13. The van der Waals surface area contributed by atoms with Crippen LogP contribution in [0, 0.1) is 0 Å². The number of pyridine rings is 1. The van der Waals surface area contributed by atoms with Crippen molar-refractivity contribution in [1.82, 2.24) is 4.98 Å². The van der Waals surface area contributed by atoms with Gasteiger partial charge in [-0.3, -0.25) is 4.98 Å². The van der Waals surface area contributed by atoms with E-state index in [1.54, 1.807) is 6.20 Å². The highest BCUT2D eigenvalue weighted by Crippen LogP contribution is 2.24. The third kappa shape index (κ3) is 2.12. The summed E-state index contributed by atoms with van der Waals surface area (Å²) in [5.74, 6) is 0. The molecule has 1 aromatic heterocycles. The Morgan fingerprint density at radius 3 is 2.88 bits per heavy atom. The van der Waals surface area contributed by atoms with Crippen molar-refractivity contribution in [3.8, 4) is 0 Å². The van der Waals surface area contributed by atoms with Gasteiger partial charge in [0, 0.05) is 17.6 Å². The van der Waals surface area contributed by atoms with Crippen LogP contribution in [0.5, 0.6) is 0 Å². The van der Waals surface area contributed by atoms with E-state index in [0.29, 0.717) is 0 Å². The van der Waals surface area contributed by atoms with Crippen LogP contribution in [0.4, 0.5) is 0 Å². The molecule has 0 bridgehead atoms. The zero-order valence-electron chi connectivity index (χ0n) is 9.48. The Kier molecular flexibility index (Phi) is 3.02. The summed E-state index contributed by atoms with van der Waals surface area (Å²) in [6, 6.07) is 10.1. The maximum Gasteiger partial charge on any atom is 0.0749 e. The highest BCUT2D eigenvalue weighted by Gasteiger charge is 2.10. The second-order valence-corrected chi connectivity index (χ2v) is 4.19. The molecule has 82 valence electrons. The molecule has 2 nitrogen and oxygen atoms in total. The normalized spacial score (nSPS) is 12.6. The minimum absolute atomic E-state index is 0.0175. The first-order valence-corrected chi connectivity index (χ1v) is 5.42. The lowest BCUT2D eigenvalue weighted by molar-refractivity contribution is 0.721. The molecule has 1 aromatic carbocycles. The first-order valence-electron chi connectivity index (χ1n) is 5.42. The van der Waals surface area contributed by atoms with E-state index in [0.717, 1.165) is 28.5 Å². The van der Waals surface area contributed by atoms with Gasteiger partial charge in [0.2, 0.25) is 0 Å². The van der Waals surface area contributed by atoms with Crippen molar-refractivity contribution >= 4 is 10.9 Å². The van der Waals surface area contributed by atoms with Crippen molar-refractivity contribution in [2.24, 2.45) is 5.73 Å². The van der Waals surface area contributed by atoms with Gasteiger partial charge < -0.3 is 5.73 Å². The first kappa shape index (κ1) is 10.8. The molecule has 0 aliphatic heterocycles. The van der Waals surface area contributed by atoms with Crippen LogP contribution in [-0.4, -0.2) is 4.98 Å². The largest absolute Gasteiger partial charge is 0.324 e. The minimum Gasteiger partial charge on any atom is -0.324 e. The average Bonchev–Trinajstić information content (AvgIpc) is 2.27. The van der Waals surface area contributed by atoms with Crippen molar-refractivity contribution in [2.75, 3.05) is 0 Å². The van der Waals surface area contributed by atoms with Crippen molar-refractivity contribution < 1.29 is 0 Å². The molecule has 0 spiro atoms. The van der Waals surface area contributed by atoms with E-state index in [9.17, 15) is 0 Å². The molecule has 2 rings (SSSR count). The van der Waals surface area contributed by atoms with Crippen molar-refractivity contribution in [1.29, 1.82) is 0 Å². The highest BCUT2D eigenvalue weighted by molar-refractivity contribution is 5.81. The Morgan fingerprint density at radius 1 is 1.38 bits per heavy atom. The number of benzene rings is 1. The molecule has 0 aliphatic carbocycles. The predicted molar refractivity (Wildman–Crippen MR) is 68.1 cm³/mol. The Labute approximate surface area is 95.8 Å². The van der Waals surface area contributed by atoms with Gasteiger partial charge in [0.25, 0.3) is 0 Å². The highest BCUT2D eigenvalue weighted by atomic mass is 14.7. The summed E-state index contributed by atoms with van der Waals surface area (Å²) in [6.07, 6.45) is 2.61. The van der Waals surface area contributed by atoms with E-state index < -0.39 is 0 Å². The number of nitrogens with zero attached hydrogens (tertiary/aromatic N) is 1. The van der Waals surface area contributed by atoms with Gasteiger partial charge in [-0.1, -0.05) is 29.8 Å².